The molecule has 0 spiro atoms. The van der Waals surface area contributed by atoms with Crippen LogP contribution in [0.25, 0.3) is 0 Å². The fourth-order valence-electron chi connectivity index (χ4n) is 3.67. The van der Waals surface area contributed by atoms with Crippen LogP contribution in [0, 0.1) is 11.8 Å². The Morgan fingerprint density at radius 3 is 1.27 bits per heavy atom. The van der Waals surface area contributed by atoms with E-state index in [2.05, 4.69) is 0 Å². The molecule has 2 aliphatic rings. The van der Waals surface area contributed by atoms with Crippen LogP contribution in [0.4, 0.5) is 0 Å². The molecule has 0 radical (unpaired) electrons. The molecule has 0 bridgehead atoms. The molecule has 0 aromatic carbocycles. The van der Waals surface area contributed by atoms with Crippen LogP contribution in [0.5, 0.6) is 0 Å². The summed E-state index contributed by atoms with van der Waals surface area (Å²) in [5, 5.41) is 0. The van der Waals surface area contributed by atoms with Gasteiger partial charge in [-0.05, 0) is 18.3 Å². The van der Waals surface area contributed by atoms with Crippen molar-refractivity contribution in [1.29, 1.82) is 0 Å². The Kier molecular flexibility index (Phi) is 5.02. The molecule has 15 heavy (non-hydrogen) atoms. The predicted octanol–water partition coefficient (Wildman–Crippen LogP) is 5.32. The van der Waals surface area contributed by atoms with Gasteiger partial charge < -0.3 is 0 Å². The average molecular weight is 208 g/mol. The summed E-state index contributed by atoms with van der Waals surface area (Å²) in [5.41, 5.74) is 0. The van der Waals surface area contributed by atoms with Gasteiger partial charge in [-0.1, -0.05) is 77.0 Å². The van der Waals surface area contributed by atoms with E-state index in [0.717, 1.165) is 11.8 Å². The Bertz CT molecular complexity index is 147. The van der Waals surface area contributed by atoms with Crippen molar-refractivity contribution in [3.05, 3.63) is 0 Å². The summed E-state index contributed by atoms with van der Waals surface area (Å²) in [7, 11) is 0. The van der Waals surface area contributed by atoms with Gasteiger partial charge in [-0.15, -0.1) is 0 Å². The van der Waals surface area contributed by atoms with Crippen molar-refractivity contribution in [3.63, 3.8) is 0 Å². The second-order valence-electron chi connectivity index (χ2n) is 5.95. The van der Waals surface area contributed by atoms with Crippen LogP contribution >= 0.6 is 0 Å². The summed E-state index contributed by atoms with van der Waals surface area (Å²) in [6.45, 7) is 0. The summed E-state index contributed by atoms with van der Waals surface area (Å²) < 4.78 is 0. The van der Waals surface area contributed by atoms with E-state index in [1.54, 1.807) is 32.1 Å². The van der Waals surface area contributed by atoms with Crippen LogP contribution in [0.2, 0.25) is 0 Å². The first-order chi connectivity index (χ1) is 7.45. The van der Waals surface area contributed by atoms with Crippen LogP contribution in [-0.4, -0.2) is 0 Å². The summed E-state index contributed by atoms with van der Waals surface area (Å²) in [4.78, 5) is 0. The van der Waals surface area contributed by atoms with E-state index in [1.165, 1.54) is 51.4 Å². The summed E-state index contributed by atoms with van der Waals surface area (Å²) in [5.74, 6) is 2.22. The lowest BCUT2D eigenvalue weighted by molar-refractivity contribution is 0.255. The molecule has 2 aliphatic carbocycles. The highest BCUT2D eigenvalue weighted by atomic mass is 14.2. The van der Waals surface area contributed by atoms with Crippen LogP contribution < -0.4 is 0 Å². The van der Waals surface area contributed by atoms with Crippen LogP contribution in [0.3, 0.4) is 0 Å². The molecule has 0 saturated heterocycles. The minimum absolute atomic E-state index is 1.10. The largest absolute Gasteiger partial charge is 0.0533 e. The molecule has 0 aliphatic heterocycles. The molecule has 2 rings (SSSR count). The molecule has 0 amide bonds. The third-order valence-corrected chi connectivity index (χ3v) is 4.62. The highest BCUT2D eigenvalue weighted by molar-refractivity contribution is 4.72. The second-order valence-corrected chi connectivity index (χ2v) is 5.95. The molecule has 0 aromatic heterocycles. The van der Waals surface area contributed by atoms with E-state index in [9.17, 15) is 0 Å². The number of hydrogen-bond donors (Lipinski definition) is 0. The Labute approximate surface area is 95.8 Å². The third kappa shape index (κ3) is 4.17. The van der Waals surface area contributed by atoms with E-state index in [1.807, 2.05) is 0 Å². The zero-order chi connectivity index (χ0) is 10.3. The molecule has 0 aromatic rings. The van der Waals surface area contributed by atoms with E-state index >= 15 is 0 Å². The maximum Gasteiger partial charge on any atom is -0.0412 e. The quantitative estimate of drug-likeness (QED) is 0.576. The molecular weight excluding hydrogens is 180 g/mol. The van der Waals surface area contributed by atoms with Gasteiger partial charge in [-0.2, -0.15) is 0 Å². The lowest BCUT2D eigenvalue weighted by Gasteiger charge is -2.27. The minimum Gasteiger partial charge on any atom is -0.0533 e. The maximum atomic E-state index is 1.58. The number of hydrogen-bond acceptors (Lipinski definition) is 0. The van der Waals surface area contributed by atoms with E-state index in [4.69, 9.17) is 0 Å². The monoisotopic (exact) mass is 208 g/mol. The molecule has 0 heterocycles. The molecule has 88 valence electrons. The first-order valence-corrected chi connectivity index (χ1v) is 7.45. The van der Waals surface area contributed by atoms with Crippen molar-refractivity contribution in [2.45, 2.75) is 83.5 Å². The Morgan fingerprint density at radius 2 is 0.800 bits per heavy atom. The summed E-state index contributed by atoms with van der Waals surface area (Å²) >= 11 is 0. The van der Waals surface area contributed by atoms with Gasteiger partial charge >= 0.3 is 0 Å². The van der Waals surface area contributed by atoms with Crippen LogP contribution in [0.1, 0.15) is 83.5 Å². The van der Waals surface area contributed by atoms with Gasteiger partial charge in [0.25, 0.3) is 0 Å². The van der Waals surface area contributed by atoms with Crippen molar-refractivity contribution in [3.8, 4) is 0 Å². The molecule has 2 saturated carbocycles. The fourth-order valence-corrected chi connectivity index (χ4v) is 3.67. The zero-order valence-electron chi connectivity index (χ0n) is 10.3. The second kappa shape index (κ2) is 6.55. The predicted molar refractivity (Wildman–Crippen MR) is 67.0 cm³/mol. The van der Waals surface area contributed by atoms with Crippen molar-refractivity contribution in [2.24, 2.45) is 11.8 Å². The van der Waals surface area contributed by atoms with E-state index in [0.29, 0.717) is 0 Å². The van der Waals surface area contributed by atoms with Gasteiger partial charge in [0, 0.05) is 0 Å². The van der Waals surface area contributed by atoms with Crippen LogP contribution in [0.15, 0.2) is 0 Å². The standard InChI is InChI=1S/C15H28/c1-2-5-9-14(10-6-3-1)13-15-11-7-4-8-12-15/h14-15H,1-13H2. The van der Waals surface area contributed by atoms with Crippen molar-refractivity contribution in [2.75, 3.05) is 0 Å². The molecular formula is C15H28. The molecule has 0 nitrogen and oxygen atoms in total. The van der Waals surface area contributed by atoms with Crippen molar-refractivity contribution in [1.82, 2.24) is 0 Å². The molecule has 0 N–H and O–H groups in total. The first kappa shape index (κ1) is 11.5. The zero-order valence-corrected chi connectivity index (χ0v) is 10.3. The maximum absolute atomic E-state index is 1.58. The molecule has 0 atom stereocenters. The van der Waals surface area contributed by atoms with Crippen molar-refractivity contribution >= 4 is 0 Å². The highest BCUT2D eigenvalue weighted by Gasteiger charge is 2.19. The lowest BCUT2D eigenvalue weighted by Crippen LogP contribution is -2.13. The highest BCUT2D eigenvalue weighted by Crippen LogP contribution is 2.33. The molecule has 0 heteroatoms. The normalized spacial score (nSPS) is 27.2. The number of rotatable bonds is 2. The molecule has 2 fully saturated rings. The first-order valence-electron chi connectivity index (χ1n) is 7.45. The van der Waals surface area contributed by atoms with Gasteiger partial charge in [0.1, 0.15) is 0 Å². The summed E-state index contributed by atoms with van der Waals surface area (Å²) in [6, 6.07) is 0. The Morgan fingerprint density at radius 1 is 0.467 bits per heavy atom. The van der Waals surface area contributed by atoms with Crippen LogP contribution in [-0.2, 0) is 0 Å². The molecule has 0 unspecified atom stereocenters. The van der Waals surface area contributed by atoms with Crippen molar-refractivity contribution < 1.29 is 0 Å². The van der Waals surface area contributed by atoms with E-state index < -0.39 is 0 Å². The fraction of sp³-hybridized carbons (Fsp3) is 1.00. The Balaban J connectivity index is 1.70. The van der Waals surface area contributed by atoms with E-state index in [-0.39, 0.29) is 0 Å². The van der Waals surface area contributed by atoms with Gasteiger partial charge in [-0.3, -0.25) is 0 Å². The summed E-state index contributed by atoms with van der Waals surface area (Å²) in [6.07, 6.45) is 19.9. The van der Waals surface area contributed by atoms with Gasteiger partial charge in [-0.25, -0.2) is 0 Å². The van der Waals surface area contributed by atoms with Gasteiger partial charge in [0.05, 0.1) is 0 Å². The Hall–Kier alpha value is 0. The minimum atomic E-state index is 1.10. The van der Waals surface area contributed by atoms with Gasteiger partial charge in [0.2, 0.25) is 0 Å². The third-order valence-electron chi connectivity index (χ3n) is 4.62. The smallest absolute Gasteiger partial charge is 0.0412 e. The average Bonchev–Trinajstić information content (AvgIpc) is 2.23. The lowest BCUT2D eigenvalue weighted by atomic mass is 9.79. The topological polar surface area (TPSA) is 0 Å². The SMILES string of the molecule is C1CCCC(CC2CCCCC2)CCC1. The van der Waals surface area contributed by atoms with Gasteiger partial charge in [0.15, 0.2) is 0 Å².